The number of pyridine rings is 1. The number of carboxylic acids is 1. The Bertz CT molecular complexity index is 2520. The van der Waals surface area contributed by atoms with Crippen LogP contribution < -0.4 is 10.0 Å². The van der Waals surface area contributed by atoms with Crippen molar-refractivity contribution in [3.8, 4) is 11.1 Å². The molecule has 1 aliphatic heterocycles. The van der Waals surface area contributed by atoms with Crippen molar-refractivity contribution in [3.63, 3.8) is 0 Å². The van der Waals surface area contributed by atoms with Crippen molar-refractivity contribution in [3.05, 3.63) is 185 Å². The number of aromatic carboxylic acids is 1. The van der Waals surface area contributed by atoms with Crippen LogP contribution in [0.3, 0.4) is 0 Å². The summed E-state index contributed by atoms with van der Waals surface area (Å²) in [7, 11) is -3.99. The normalized spacial score (nSPS) is 17.1. The fourth-order valence-electron chi connectivity index (χ4n) is 6.91. The van der Waals surface area contributed by atoms with E-state index >= 15 is 0 Å². The lowest BCUT2D eigenvalue weighted by Gasteiger charge is -2.36. The Hall–Kier alpha value is -5.67. The molecule has 6 aromatic rings. The Morgan fingerprint density at radius 3 is 2.25 bits per heavy atom. The van der Waals surface area contributed by atoms with Crippen molar-refractivity contribution in [2.45, 2.75) is 67.4 Å². The quantitative estimate of drug-likeness (QED) is 0.0708. The fraction of sp³-hybridized carbons (Fsp3) is 0.213. The number of ether oxygens (including phenoxy) is 2. The van der Waals surface area contributed by atoms with E-state index in [2.05, 4.69) is 15.0 Å². The molecule has 1 aromatic heterocycles. The van der Waals surface area contributed by atoms with E-state index < -0.39 is 34.2 Å². The smallest absolute Gasteiger partial charge is 0.338 e. The lowest BCUT2D eigenvalue weighted by atomic mass is 9.99. The second-order valence-corrected chi connectivity index (χ2v) is 17.3. The summed E-state index contributed by atoms with van der Waals surface area (Å²) in [5, 5.41) is 22.7. The first-order chi connectivity index (χ1) is 29.0. The number of aliphatic hydroxyl groups excluding tert-OH is 1. The van der Waals surface area contributed by atoms with Gasteiger partial charge in [0.15, 0.2) is 6.29 Å². The van der Waals surface area contributed by atoms with Crippen LogP contribution in [0.5, 0.6) is 0 Å². The molecule has 1 aliphatic rings. The van der Waals surface area contributed by atoms with Crippen LogP contribution in [0.25, 0.3) is 11.1 Å². The standard InChI is InChI=1S/C47H45N3O8S2/c1-31-15-21-40(22-16-31)60(55,56)50-42(25-32-8-3-2-4-9-32)44(52)49-28-34-10-5-11-36(24-34)37-12-6-13-38(26-37)47-57-39(30-59-45-41(46(53)54)14-7-23-48-45)27-43(58-47)35-19-17-33(29-51)18-20-35/h2-24,26,39,42-43,47,50-51H,25,27-30H2,1H3,(H,49,52)(H,53,54)/t39-,42+,43+,47+/m0/s1. The van der Waals surface area contributed by atoms with Crippen molar-refractivity contribution in [2.75, 3.05) is 5.75 Å². The maximum absolute atomic E-state index is 13.7. The predicted molar refractivity (Wildman–Crippen MR) is 230 cm³/mol. The van der Waals surface area contributed by atoms with Crippen LogP contribution in [0, 0.1) is 6.92 Å². The Morgan fingerprint density at radius 2 is 1.52 bits per heavy atom. The molecule has 5 aromatic carbocycles. The lowest BCUT2D eigenvalue weighted by Crippen LogP contribution is -2.47. The van der Waals surface area contributed by atoms with Crippen LogP contribution in [-0.4, -0.2) is 53.4 Å². The summed E-state index contributed by atoms with van der Waals surface area (Å²) >= 11 is 1.33. The molecule has 60 heavy (non-hydrogen) atoms. The first kappa shape index (κ1) is 42.5. The van der Waals surface area contributed by atoms with Crippen molar-refractivity contribution in [2.24, 2.45) is 0 Å². The SMILES string of the molecule is Cc1ccc(S(=O)(=O)N[C@H](Cc2ccccc2)C(=O)NCc2cccc(-c3cccc([C@@H]4O[C@H](CSc5ncccc5C(=O)O)C[C@H](c5ccc(CO)cc5)O4)c3)c2)cc1. The Labute approximate surface area is 353 Å². The minimum atomic E-state index is -3.99. The third-order valence-corrected chi connectivity index (χ3v) is 12.8. The van der Waals surface area contributed by atoms with Crippen LogP contribution in [-0.2, 0) is 43.9 Å². The third-order valence-electron chi connectivity index (χ3n) is 10.1. The van der Waals surface area contributed by atoms with E-state index in [4.69, 9.17) is 9.47 Å². The highest BCUT2D eigenvalue weighted by Crippen LogP contribution is 2.40. The number of carbonyl (C=O) groups is 2. The van der Waals surface area contributed by atoms with E-state index in [0.717, 1.165) is 44.5 Å². The number of carboxylic acid groups (broad SMARTS) is 1. The number of amides is 1. The molecule has 1 saturated heterocycles. The van der Waals surface area contributed by atoms with Gasteiger partial charge in [-0.1, -0.05) is 109 Å². The highest BCUT2D eigenvalue weighted by molar-refractivity contribution is 7.99. The van der Waals surface area contributed by atoms with E-state index in [1.165, 1.54) is 30.0 Å². The summed E-state index contributed by atoms with van der Waals surface area (Å²) < 4.78 is 42.5. The molecule has 4 atom stereocenters. The number of hydrogen-bond acceptors (Lipinski definition) is 9. The minimum Gasteiger partial charge on any atom is -0.478 e. The molecule has 4 N–H and O–H groups in total. The summed E-state index contributed by atoms with van der Waals surface area (Å²) in [6.07, 6.45) is 0.848. The maximum atomic E-state index is 13.7. The van der Waals surface area contributed by atoms with Crippen molar-refractivity contribution in [1.29, 1.82) is 0 Å². The monoisotopic (exact) mass is 843 g/mol. The molecule has 0 bridgehead atoms. The number of hydrogen-bond donors (Lipinski definition) is 4. The average molecular weight is 844 g/mol. The van der Waals surface area contributed by atoms with Crippen LogP contribution in [0.4, 0.5) is 0 Å². The third kappa shape index (κ3) is 10.9. The van der Waals surface area contributed by atoms with E-state index in [1.54, 1.807) is 24.4 Å². The Kier molecular flexibility index (Phi) is 13.9. The Morgan fingerprint density at radius 1 is 0.800 bits per heavy atom. The minimum absolute atomic E-state index is 0.0714. The summed E-state index contributed by atoms with van der Waals surface area (Å²) in [6, 6.07) is 41.0. The van der Waals surface area contributed by atoms with Crippen molar-refractivity contribution >= 4 is 33.7 Å². The van der Waals surface area contributed by atoms with E-state index in [1.807, 2.05) is 110 Å². The molecule has 308 valence electrons. The first-order valence-corrected chi connectivity index (χ1v) is 21.9. The number of sulfonamides is 1. The number of rotatable bonds is 16. The molecule has 13 heteroatoms. The van der Waals surface area contributed by atoms with E-state index in [9.17, 15) is 28.2 Å². The highest BCUT2D eigenvalue weighted by atomic mass is 32.2. The number of aromatic nitrogens is 1. The van der Waals surface area contributed by atoms with E-state index in [0.29, 0.717) is 17.2 Å². The largest absolute Gasteiger partial charge is 0.478 e. The predicted octanol–water partition coefficient (Wildman–Crippen LogP) is 7.79. The van der Waals surface area contributed by atoms with Crippen molar-refractivity contribution < 1.29 is 37.7 Å². The number of nitrogens with zero attached hydrogens (tertiary/aromatic N) is 1. The summed E-state index contributed by atoms with van der Waals surface area (Å²) in [5.41, 5.74) is 6.96. The van der Waals surface area contributed by atoms with Gasteiger partial charge in [-0.15, -0.1) is 11.8 Å². The molecule has 0 radical (unpaired) electrons. The number of carbonyl (C=O) groups excluding carboxylic acids is 1. The van der Waals surface area contributed by atoms with E-state index in [-0.39, 0.29) is 42.2 Å². The molecule has 0 unspecified atom stereocenters. The molecule has 7 rings (SSSR count). The number of nitrogens with one attached hydrogen (secondary N) is 2. The number of aryl methyl sites for hydroxylation is 1. The van der Waals surface area contributed by atoms with Crippen LogP contribution in [0.15, 0.2) is 156 Å². The molecular weight excluding hydrogens is 799 g/mol. The number of aliphatic hydroxyl groups is 1. The summed E-state index contributed by atoms with van der Waals surface area (Å²) in [5.74, 6) is -1.06. The molecule has 11 nitrogen and oxygen atoms in total. The van der Waals surface area contributed by atoms with Gasteiger partial charge >= 0.3 is 5.97 Å². The van der Waals surface area contributed by atoms with Gasteiger partial charge in [-0.05, 0) is 83.1 Å². The topological polar surface area (TPSA) is 164 Å². The molecular formula is C47H45N3O8S2. The average Bonchev–Trinajstić information content (AvgIpc) is 3.28. The van der Waals surface area contributed by atoms with Crippen LogP contribution >= 0.6 is 11.8 Å². The summed E-state index contributed by atoms with van der Waals surface area (Å²) in [4.78, 5) is 30.0. The van der Waals surface area contributed by atoms with Gasteiger partial charge in [0, 0.05) is 30.5 Å². The second kappa shape index (κ2) is 19.6. The van der Waals surface area contributed by atoms with Gasteiger partial charge in [0.25, 0.3) is 0 Å². The maximum Gasteiger partial charge on any atom is 0.338 e. The molecule has 0 spiro atoms. The first-order valence-electron chi connectivity index (χ1n) is 19.5. The van der Waals surface area contributed by atoms with Gasteiger partial charge in [-0.3, -0.25) is 4.79 Å². The molecule has 1 amide bonds. The zero-order valence-electron chi connectivity index (χ0n) is 32.8. The van der Waals surface area contributed by atoms with Gasteiger partial charge < -0.3 is 25.0 Å². The van der Waals surface area contributed by atoms with Gasteiger partial charge in [-0.25, -0.2) is 18.2 Å². The fourth-order valence-corrected chi connectivity index (χ4v) is 9.11. The number of thioether (sulfide) groups is 1. The highest BCUT2D eigenvalue weighted by Gasteiger charge is 2.33. The number of benzene rings is 5. The molecule has 0 saturated carbocycles. The van der Waals surface area contributed by atoms with Crippen LogP contribution in [0.2, 0.25) is 0 Å². The lowest BCUT2D eigenvalue weighted by molar-refractivity contribution is -0.245. The van der Waals surface area contributed by atoms with Gasteiger partial charge in [0.1, 0.15) is 11.1 Å². The Balaban J connectivity index is 1.07. The molecule has 2 heterocycles. The van der Waals surface area contributed by atoms with Gasteiger partial charge in [0.2, 0.25) is 15.9 Å². The van der Waals surface area contributed by atoms with Crippen LogP contribution in [0.1, 0.15) is 62.6 Å². The second-order valence-electron chi connectivity index (χ2n) is 14.5. The summed E-state index contributed by atoms with van der Waals surface area (Å²) in [6.45, 7) is 1.96. The van der Waals surface area contributed by atoms with Gasteiger partial charge in [0.05, 0.1) is 29.3 Å². The van der Waals surface area contributed by atoms with Crippen molar-refractivity contribution in [1.82, 2.24) is 15.0 Å². The zero-order chi connectivity index (χ0) is 42.1. The van der Waals surface area contributed by atoms with Gasteiger partial charge in [-0.2, -0.15) is 4.72 Å². The zero-order valence-corrected chi connectivity index (χ0v) is 34.4. The molecule has 0 aliphatic carbocycles. The molecule has 1 fully saturated rings.